The lowest BCUT2D eigenvalue weighted by Crippen LogP contribution is -2.47. The summed E-state index contributed by atoms with van der Waals surface area (Å²) in [6.45, 7) is 10.6. The maximum absolute atomic E-state index is 13.4. The number of amides is 1. The van der Waals surface area contributed by atoms with E-state index in [2.05, 4.69) is 70.8 Å². The molecule has 0 saturated carbocycles. The van der Waals surface area contributed by atoms with Crippen molar-refractivity contribution in [3.05, 3.63) is 69.7 Å². The summed E-state index contributed by atoms with van der Waals surface area (Å²) < 4.78 is 1.07. The number of benzene rings is 2. The molecule has 2 aromatic carbocycles. The van der Waals surface area contributed by atoms with Crippen LogP contribution in [0.2, 0.25) is 0 Å². The third-order valence-electron chi connectivity index (χ3n) is 5.85. The standard InChI is InChI=1S/C25H33BrN2O/c1-19(2)12-15-27-16-13-24(14-17-27)28(18-21-6-10-23(26)11-7-21)25(29)22-8-4-20(3)5-9-22/h4-11,19,24H,12-18H2,1-3H3. The molecule has 3 rings (SSSR count). The van der Waals surface area contributed by atoms with E-state index in [1.54, 1.807) is 0 Å². The van der Waals surface area contributed by atoms with Gasteiger partial charge in [-0.25, -0.2) is 0 Å². The Labute approximate surface area is 184 Å². The summed E-state index contributed by atoms with van der Waals surface area (Å²) in [5.74, 6) is 0.887. The van der Waals surface area contributed by atoms with Crippen LogP contribution in [0.5, 0.6) is 0 Å². The summed E-state index contributed by atoms with van der Waals surface area (Å²) in [6, 6.07) is 16.6. The first-order valence-electron chi connectivity index (χ1n) is 10.8. The summed E-state index contributed by atoms with van der Waals surface area (Å²) in [7, 11) is 0. The van der Waals surface area contributed by atoms with E-state index in [1.165, 1.54) is 24.1 Å². The van der Waals surface area contributed by atoms with Crippen molar-refractivity contribution in [2.24, 2.45) is 5.92 Å². The molecular weight excluding hydrogens is 424 g/mol. The number of halogens is 1. The highest BCUT2D eigenvalue weighted by atomic mass is 79.9. The van der Waals surface area contributed by atoms with Crippen molar-refractivity contribution in [2.45, 2.75) is 52.6 Å². The molecule has 1 fully saturated rings. The zero-order valence-electron chi connectivity index (χ0n) is 17.9. The van der Waals surface area contributed by atoms with Gasteiger partial charge in [-0.05, 0) is 68.5 Å². The first kappa shape index (κ1) is 22.0. The van der Waals surface area contributed by atoms with Gasteiger partial charge in [-0.3, -0.25) is 4.79 Å². The van der Waals surface area contributed by atoms with Gasteiger partial charge >= 0.3 is 0 Å². The van der Waals surface area contributed by atoms with E-state index in [1.807, 2.05) is 24.3 Å². The second kappa shape index (κ2) is 10.4. The molecule has 4 heteroatoms. The number of nitrogens with zero attached hydrogens (tertiary/aromatic N) is 2. The Morgan fingerprint density at radius 3 is 2.28 bits per heavy atom. The minimum absolute atomic E-state index is 0.147. The zero-order chi connectivity index (χ0) is 20.8. The van der Waals surface area contributed by atoms with E-state index in [0.717, 1.165) is 41.9 Å². The Morgan fingerprint density at radius 1 is 1.07 bits per heavy atom. The number of hydrogen-bond acceptors (Lipinski definition) is 2. The molecule has 0 aliphatic carbocycles. The fraction of sp³-hybridized carbons (Fsp3) is 0.480. The normalized spacial score (nSPS) is 15.6. The molecule has 0 spiro atoms. The van der Waals surface area contributed by atoms with Crippen LogP contribution >= 0.6 is 15.9 Å². The van der Waals surface area contributed by atoms with E-state index in [-0.39, 0.29) is 5.91 Å². The minimum atomic E-state index is 0.147. The number of rotatable bonds is 7. The van der Waals surface area contributed by atoms with E-state index < -0.39 is 0 Å². The van der Waals surface area contributed by atoms with Gasteiger partial charge in [-0.1, -0.05) is 59.6 Å². The summed E-state index contributed by atoms with van der Waals surface area (Å²) in [5.41, 5.74) is 3.14. The van der Waals surface area contributed by atoms with Gasteiger partial charge in [-0.15, -0.1) is 0 Å². The van der Waals surface area contributed by atoms with Crippen molar-refractivity contribution in [3.8, 4) is 0 Å². The van der Waals surface area contributed by atoms with Crippen LogP contribution in [-0.2, 0) is 6.54 Å². The first-order chi connectivity index (χ1) is 13.9. The molecule has 29 heavy (non-hydrogen) atoms. The number of piperidine rings is 1. The fourth-order valence-electron chi connectivity index (χ4n) is 3.91. The average Bonchev–Trinajstić information content (AvgIpc) is 2.72. The third kappa shape index (κ3) is 6.42. The molecule has 0 N–H and O–H groups in total. The van der Waals surface area contributed by atoms with E-state index in [4.69, 9.17) is 0 Å². The minimum Gasteiger partial charge on any atom is -0.331 e. The summed E-state index contributed by atoms with van der Waals surface area (Å²) in [4.78, 5) is 18.1. The topological polar surface area (TPSA) is 23.6 Å². The van der Waals surface area contributed by atoms with Gasteiger partial charge in [0.2, 0.25) is 0 Å². The smallest absolute Gasteiger partial charge is 0.254 e. The summed E-state index contributed by atoms with van der Waals surface area (Å²) in [6.07, 6.45) is 3.34. The third-order valence-corrected chi connectivity index (χ3v) is 6.37. The molecule has 1 heterocycles. The van der Waals surface area contributed by atoms with Gasteiger partial charge in [0.25, 0.3) is 5.91 Å². The maximum atomic E-state index is 13.4. The van der Waals surface area contributed by atoms with Gasteiger partial charge in [-0.2, -0.15) is 0 Å². The van der Waals surface area contributed by atoms with Gasteiger partial charge in [0.15, 0.2) is 0 Å². The quantitative estimate of drug-likeness (QED) is 0.516. The lowest BCUT2D eigenvalue weighted by molar-refractivity contribution is 0.0546. The highest BCUT2D eigenvalue weighted by Gasteiger charge is 2.28. The molecule has 2 aromatic rings. The summed E-state index contributed by atoms with van der Waals surface area (Å²) >= 11 is 3.51. The largest absolute Gasteiger partial charge is 0.331 e. The molecule has 0 radical (unpaired) electrons. The SMILES string of the molecule is Cc1ccc(C(=O)N(Cc2ccc(Br)cc2)C2CCN(CCC(C)C)CC2)cc1. The van der Waals surface area contributed by atoms with Crippen molar-refractivity contribution in [2.75, 3.05) is 19.6 Å². The van der Waals surface area contributed by atoms with Crippen LogP contribution in [0.3, 0.4) is 0 Å². The molecule has 1 aliphatic heterocycles. The van der Waals surface area contributed by atoms with Crippen LogP contribution in [0.15, 0.2) is 53.0 Å². The van der Waals surface area contributed by atoms with Crippen molar-refractivity contribution >= 4 is 21.8 Å². The van der Waals surface area contributed by atoms with Gasteiger partial charge in [0.1, 0.15) is 0 Å². The predicted octanol–water partition coefficient (Wildman–Crippen LogP) is 5.91. The van der Waals surface area contributed by atoms with Crippen molar-refractivity contribution in [3.63, 3.8) is 0 Å². The van der Waals surface area contributed by atoms with Crippen LogP contribution in [0.4, 0.5) is 0 Å². The molecule has 0 atom stereocenters. The van der Waals surface area contributed by atoms with Crippen molar-refractivity contribution in [1.29, 1.82) is 0 Å². The molecule has 1 amide bonds. The number of hydrogen-bond donors (Lipinski definition) is 0. The Hall–Kier alpha value is -1.65. The number of likely N-dealkylation sites (tertiary alicyclic amines) is 1. The van der Waals surface area contributed by atoms with E-state index in [9.17, 15) is 4.79 Å². The van der Waals surface area contributed by atoms with Crippen LogP contribution in [0.25, 0.3) is 0 Å². The molecule has 3 nitrogen and oxygen atoms in total. The molecule has 0 unspecified atom stereocenters. The van der Waals surface area contributed by atoms with Crippen LogP contribution in [0.1, 0.15) is 54.6 Å². The number of aryl methyl sites for hydroxylation is 1. The number of carbonyl (C=O) groups is 1. The van der Waals surface area contributed by atoms with Gasteiger partial charge in [0.05, 0.1) is 0 Å². The van der Waals surface area contributed by atoms with E-state index >= 15 is 0 Å². The molecular formula is C25H33BrN2O. The van der Waals surface area contributed by atoms with Crippen molar-refractivity contribution in [1.82, 2.24) is 9.80 Å². The second-order valence-corrected chi connectivity index (χ2v) is 9.60. The first-order valence-corrected chi connectivity index (χ1v) is 11.6. The highest BCUT2D eigenvalue weighted by molar-refractivity contribution is 9.10. The monoisotopic (exact) mass is 456 g/mol. The maximum Gasteiger partial charge on any atom is 0.254 e. The lowest BCUT2D eigenvalue weighted by Gasteiger charge is -2.39. The van der Waals surface area contributed by atoms with Gasteiger partial charge in [0, 0.05) is 35.7 Å². The zero-order valence-corrected chi connectivity index (χ0v) is 19.5. The second-order valence-electron chi connectivity index (χ2n) is 8.68. The Kier molecular flexibility index (Phi) is 7.91. The lowest BCUT2D eigenvalue weighted by atomic mass is 9.99. The van der Waals surface area contributed by atoms with Crippen LogP contribution in [-0.4, -0.2) is 41.4 Å². The number of carbonyl (C=O) groups excluding carboxylic acids is 1. The van der Waals surface area contributed by atoms with E-state index in [0.29, 0.717) is 12.6 Å². The molecule has 1 aliphatic rings. The fourth-order valence-corrected chi connectivity index (χ4v) is 4.17. The highest BCUT2D eigenvalue weighted by Crippen LogP contribution is 2.23. The Balaban J connectivity index is 1.73. The predicted molar refractivity (Wildman–Crippen MR) is 124 cm³/mol. The molecule has 1 saturated heterocycles. The Bertz CT molecular complexity index is 777. The molecule has 0 aromatic heterocycles. The van der Waals surface area contributed by atoms with Crippen LogP contribution < -0.4 is 0 Å². The summed E-state index contributed by atoms with van der Waals surface area (Å²) in [5, 5.41) is 0. The Morgan fingerprint density at radius 2 is 1.69 bits per heavy atom. The average molecular weight is 457 g/mol. The molecule has 0 bridgehead atoms. The van der Waals surface area contributed by atoms with Crippen molar-refractivity contribution < 1.29 is 4.79 Å². The van der Waals surface area contributed by atoms with Crippen LogP contribution in [0, 0.1) is 12.8 Å². The van der Waals surface area contributed by atoms with Gasteiger partial charge < -0.3 is 9.80 Å². The molecule has 156 valence electrons.